The summed E-state index contributed by atoms with van der Waals surface area (Å²) in [7, 11) is -3.37. The average molecular weight is 297 g/mol. The summed E-state index contributed by atoms with van der Waals surface area (Å²) in [4.78, 5) is 0. The van der Waals surface area contributed by atoms with Gasteiger partial charge in [-0.15, -0.1) is 0 Å². The predicted octanol–water partition coefficient (Wildman–Crippen LogP) is 2.64. The van der Waals surface area contributed by atoms with Gasteiger partial charge in [-0.3, -0.25) is 0 Å². The van der Waals surface area contributed by atoms with Crippen molar-refractivity contribution in [3.63, 3.8) is 0 Å². The van der Waals surface area contributed by atoms with E-state index < -0.39 is 10.0 Å². The summed E-state index contributed by atoms with van der Waals surface area (Å²) >= 11 is 0. The zero-order valence-corrected chi connectivity index (χ0v) is 12.9. The van der Waals surface area contributed by atoms with Gasteiger partial charge in [-0.25, -0.2) is 13.1 Å². The van der Waals surface area contributed by atoms with Gasteiger partial charge in [-0.1, -0.05) is 44.2 Å². The van der Waals surface area contributed by atoms with Crippen LogP contribution in [0.5, 0.6) is 0 Å². The Balaban J connectivity index is 2.27. The molecule has 0 saturated carbocycles. The summed E-state index contributed by atoms with van der Waals surface area (Å²) in [6, 6.07) is 9.33. The summed E-state index contributed by atoms with van der Waals surface area (Å²) in [6.45, 7) is 5.83. The van der Waals surface area contributed by atoms with Gasteiger partial charge in [0, 0.05) is 25.2 Å². The van der Waals surface area contributed by atoms with Crippen LogP contribution in [-0.2, 0) is 14.8 Å². The SMILES string of the molecule is CC(C)COCCCNS(=O)(=O)/C=C/c1ccccc1. The van der Waals surface area contributed by atoms with Crippen molar-refractivity contribution in [3.8, 4) is 0 Å². The van der Waals surface area contributed by atoms with E-state index in [1.807, 2.05) is 30.3 Å². The van der Waals surface area contributed by atoms with Crippen molar-refractivity contribution in [2.45, 2.75) is 20.3 Å². The molecule has 0 bridgehead atoms. The molecule has 0 heterocycles. The molecule has 5 heteroatoms. The van der Waals surface area contributed by atoms with E-state index in [1.165, 1.54) is 5.41 Å². The van der Waals surface area contributed by atoms with Gasteiger partial charge in [-0.2, -0.15) is 0 Å². The second-order valence-electron chi connectivity index (χ2n) is 4.98. The molecule has 0 unspecified atom stereocenters. The van der Waals surface area contributed by atoms with Crippen molar-refractivity contribution in [2.24, 2.45) is 5.92 Å². The Kier molecular flexibility index (Phi) is 7.51. The Morgan fingerprint density at radius 3 is 2.60 bits per heavy atom. The van der Waals surface area contributed by atoms with E-state index >= 15 is 0 Å². The maximum Gasteiger partial charge on any atom is 0.233 e. The minimum atomic E-state index is -3.37. The van der Waals surface area contributed by atoms with Crippen LogP contribution in [0.2, 0.25) is 0 Å². The molecule has 0 aliphatic rings. The first-order valence-corrected chi connectivity index (χ1v) is 8.35. The molecule has 0 fully saturated rings. The number of hydrogen-bond acceptors (Lipinski definition) is 3. The van der Waals surface area contributed by atoms with E-state index in [-0.39, 0.29) is 0 Å². The molecular weight excluding hydrogens is 274 g/mol. The molecule has 4 nitrogen and oxygen atoms in total. The summed E-state index contributed by atoms with van der Waals surface area (Å²) in [5, 5.41) is 1.19. The average Bonchev–Trinajstić information content (AvgIpc) is 2.41. The Morgan fingerprint density at radius 2 is 1.95 bits per heavy atom. The van der Waals surface area contributed by atoms with Crippen LogP contribution in [0.4, 0.5) is 0 Å². The van der Waals surface area contributed by atoms with Crippen molar-refractivity contribution in [2.75, 3.05) is 19.8 Å². The first kappa shape index (κ1) is 16.9. The smallest absolute Gasteiger partial charge is 0.233 e. The normalized spacial score (nSPS) is 12.3. The highest BCUT2D eigenvalue weighted by molar-refractivity contribution is 7.92. The quantitative estimate of drug-likeness (QED) is 0.713. The molecule has 1 rings (SSSR count). The van der Waals surface area contributed by atoms with E-state index in [9.17, 15) is 8.42 Å². The van der Waals surface area contributed by atoms with Crippen LogP contribution in [0.15, 0.2) is 35.7 Å². The van der Waals surface area contributed by atoms with Gasteiger partial charge in [0.15, 0.2) is 0 Å². The first-order valence-electron chi connectivity index (χ1n) is 6.80. The van der Waals surface area contributed by atoms with Gasteiger partial charge in [0.05, 0.1) is 0 Å². The molecule has 0 aliphatic heterocycles. The Labute approximate surface area is 121 Å². The lowest BCUT2D eigenvalue weighted by molar-refractivity contribution is 0.109. The Morgan fingerprint density at radius 1 is 1.25 bits per heavy atom. The number of nitrogens with one attached hydrogen (secondary N) is 1. The van der Waals surface area contributed by atoms with Gasteiger partial charge in [-0.05, 0) is 24.0 Å². The van der Waals surface area contributed by atoms with Crippen LogP contribution in [0.3, 0.4) is 0 Å². The fourth-order valence-electron chi connectivity index (χ4n) is 1.49. The Hall–Kier alpha value is -1.17. The van der Waals surface area contributed by atoms with Crippen LogP contribution in [0, 0.1) is 5.92 Å². The van der Waals surface area contributed by atoms with E-state index in [1.54, 1.807) is 6.08 Å². The third-order valence-corrected chi connectivity index (χ3v) is 3.56. The highest BCUT2D eigenvalue weighted by atomic mass is 32.2. The molecule has 0 spiro atoms. The molecule has 0 saturated heterocycles. The molecule has 1 aromatic rings. The summed E-state index contributed by atoms with van der Waals surface area (Å²) in [6.07, 6.45) is 2.25. The maximum absolute atomic E-state index is 11.7. The van der Waals surface area contributed by atoms with Gasteiger partial charge in [0.25, 0.3) is 0 Å². The van der Waals surface area contributed by atoms with Gasteiger partial charge in [0.2, 0.25) is 10.0 Å². The molecule has 112 valence electrons. The number of rotatable bonds is 9. The Bertz CT molecular complexity index is 495. The van der Waals surface area contributed by atoms with Crippen molar-refractivity contribution in [3.05, 3.63) is 41.3 Å². The van der Waals surface area contributed by atoms with Crippen molar-refractivity contribution in [1.82, 2.24) is 4.72 Å². The molecule has 0 radical (unpaired) electrons. The third kappa shape index (κ3) is 8.09. The van der Waals surface area contributed by atoms with Crippen molar-refractivity contribution >= 4 is 16.1 Å². The van der Waals surface area contributed by atoms with Gasteiger partial charge >= 0.3 is 0 Å². The van der Waals surface area contributed by atoms with Crippen LogP contribution in [0.25, 0.3) is 6.08 Å². The number of ether oxygens (including phenoxy) is 1. The summed E-state index contributed by atoms with van der Waals surface area (Å²) < 4.78 is 31.3. The minimum absolute atomic E-state index is 0.388. The van der Waals surface area contributed by atoms with Crippen LogP contribution < -0.4 is 4.72 Å². The van der Waals surface area contributed by atoms with Crippen molar-refractivity contribution < 1.29 is 13.2 Å². The lowest BCUT2D eigenvalue weighted by atomic mass is 10.2. The van der Waals surface area contributed by atoms with Crippen LogP contribution >= 0.6 is 0 Å². The van der Waals surface area contributed by atoms with Gasteiger partial charge < -0.3 is 4.74 Å². The molecule has 0 aliphatic carbocycles. The highest BCUT2D eigenvalue weighted by Crippen LogP contribution is 2.02. The standard InChI is InChI=1S/C15H23NO3S/c1-14(2)13-19-11-6-10-16-20(17,18)12-9-15-7-4-3-5-8-15/h3-5,7-9,12,14,16H,6,10-11,13H2,1-2H3/b12-9+. The van der Waals surface area contributed by atoms with E-state index in [0.29, 0.717) is 32.1 Å². The van der Waals surface area contributed by atoms with E-state index in [4.69, 9.17) is 4.74 Å². The topological polar surface area (TPSA) is 55.4 Å². The first-order chi connectivity index (χ1) is 9.49. The van der Waals surface area contributed by atoms with E-state index in [0.717, 1.165) is 5.56 Å². The number of benzene rings is 1. The summed E-state index contributed by atoms with van der Waals surface area (Å²) in [5.74, 6) is 0.500. The molecule has 20 heavy (non-hydrogen) atoms. The highest BCUT2D eigenvalue weighted by Gasteiger charge is 2.03. The minimum Gasteiger partial charge on any atom is -0.381 e. The van der Waals surface area contributed by atoms with E-state index in [2.05, 4.69) is 18.6 Å². The fourth-order valence-corrected chi connectivity index (χ4v) is 2.35. The fraction of sp³-hybridized carbons (Fsp3) is 0.467. The number of hydrogen-bond donors (Lipinski definition) is 1. The largest absolute Gasteiger partial charge is 0.381 e. The second kappa shape index (κ2) is 8.89. The predicted molar refractivity (Wildman–Crippen MR) is 82.7 cm³/mol. The number of sulfonamides is 1. The molecule has 0 amide bonds. The molecule has 0 aromatic heterocycles. The lowest BCUT2D eigenvalue weighted by Crippen LogP contribution is -2.23. The molecular formula is C15H23NO3S. The summed E-state index contributed by atoms with van der Waals surface area (Å²) in [5.41, 5.74) is 0.859. The van der Waals surface area contributed by atoms with Crippen LogP contribution in [0.1, 0.15) is 25.8 Å². The van der Waals surface area contributed by atoms with Gasteiger partial charge in [0.1, 0.15) is 0 Å². The van der Waals surface area contributed by atoms with Crippen molar-refractivity contribution in [1.29, 1.82) is 0 Å². The monoisotopic (exact) mass is 297 g/mol. The molecule has 1 aromatic carbocycles. The maximum atomic E-state index is 11.7. The lowest BCUT2D eigenvalue weighted by Gasteiger charge is -2.06. The molecule has 1 N–H and O–H groups in total. The van der Waals surface area contributed by atoms with Crippen LogP contribution in [-0.4, -0.2) is 28.2 Å². The molecule has 0 atom stereocenters. The third-order valence-electron chi connectivity index (χ3n) is 2.46. The second-order valence-corrected chi connectivity index (χ2v) is 6.63. The zero-order chi connectivity index (χ0) is 14.8. The zero-order valence-electron chi connectivity index (χ0n) is 12.1.